The van der Waals surface area contributed by atoms with Crippen molar-refractivity contribution in [2.75, 3.05) is 52.9 Å². The molecule has 0 radical (unpaired) electrons. The summed E-state index contributed by atoms with van der Waals surface area (Å²) in [6.07, 6.45) is 0.959. The van der Waals surface area contributed by atoms with E-state index in [1.807, 2.05) is 0 Å². The predicted molar refractivity (Wildman–Crippen MR) is 126 cm³/mol. The molecule has 1 saturated heterocycles. The van der Waals surface area contributed by atoms with Crippen LogP contribution < -0.4 is 19.5 Å². The SMILES string of the molecule is COc1ccc(NC(=O)OCCN2CCC(C(=O)c3ccc(Cl)cc3)CC2)c(OC)c1OC. The minimum absolute atomic E-state index is 0.00385. The summed E-state index contributed by atoms with van der Waals surface area (Å²) in [5.41, 5.74) is 1.12. The molecule has 0 atom stereocenters. The minimum atomic E-state index is -0.590. The van der Waals surface area contributed by atoms with E-state index in [-0.39, 0.29) is 18.3 Å². The van der Waals surface area contributed by atoms with Crippen molar-refractivity contribution < 1.29 is 28.5 Å². The molecule has 1 heterocycles. The molecule has 178 valence electrons. The molecule has 1 aliphatic heterocycles. The van der Waals surface area contributed by atoms with E-state index in [4.69, 9.17) is 30.5 Å². The van der Waals surface area contributed by atoms with Gasteiger partial charge in [-0.1, -0.05) is 11.6 Å². The quantitative estimate of drug-likeness (QED) is 0.533. The molecule has 0 saturated carbocycles. The Morgan fingerprint density at radius 3 is 2.24 bits per heavy atom. The highest BCUT2D eigenvalue weighted by Crippen LogP contribution is 2.42. The van der Waals surface area contributed by atoms with Gasteiger partial charge in [0.1, 0.15) is 6.61 Å². The number of amides is 1. The van der Waals surface area contributed by atoms with Crippen molar-refractivity contribution in [1.82, 2.24) is 4.90 Å². The first-order valence-electron chi connectivity index (χ1n) is 10.7. The maximum Gasteiger partial charge on any atom is 0.411 e. The van der Waals surface area contributed by atoms with Crippen molar-refractivity contribution in [1.29, 1.82) is 0 Å². The third kappa shape index (κ3) is 6.30. The van der Waals surface area contributed by atoms with Crippen molar-refractivity contribution in [2.45, 2.75) is 12.8 Å². The molecule has 8 nitrogen and oxygen atoms in total. The van der Waals surface area contributed by atoms with Gasteiger partial charge >= 0.3 is 6.09 Å². The maximum absolute atomic E-state index is 12.7. The summed E-state index contributed by atoms with van der Waals surface area (Å²) in [6, 6.07) is 10.4. The first-order chi connectivity index (χ1) is 16.0. The number of nitrogens with zero attached hydrogens (tertiary/aromatic N) is 1. The summed E-state index contributed by atoms with van der Waals surface area (Å²) >= 11 is 5.90. The average Bonchev–Trinajstić information content (AvgIpc) is 2.84. The standard InChI is InChI=1S/C24H29ClN2O6/c1-30-20-9-8-19(22(31-2)23(20)32-3)26-24(29)33-15-14-27-12-10-17(11-13-27)21(28)16-4-6-18(25)7-5-16/h4-9,17H,10-15H2,1-3H3,(H,26,29). The second-order valence-electron chi connectivity index (χ2n) is 7.63. The first-order valence-corrected chi connectivity index (χ1v) is 11.1. The zero-order valence-electron chi connectivity index (χ0n) is 19.1. The number of likely N-dealkylation sites (tertiary alicyclic amines) is 1. The van der Waals surface area contributed by atoms with Crippen molar-refractivity contribution in [3.63, 3.8) is 0 Å². The molecular weight excluding hydrogens is 448 g/mol. The van der Waals surface area contributed by atoms with Crippen molar-refractivity contribution in [3.8, 4) is 17.2 Å². The molecule has 33 heavy (non-hydrogen) atoms. The van der Waals surface area contributed by atoms with E-state index < -0.39 is 6.09 Å². The van der Waals surface area contributed by atoms with E-state index >= 15 is 0 Å². The van der Waals surface area contributed by atoms with E-state index in [0.29, 0.717) is 40.1 Å². The average molecular weight is 477 g/mol. The molecule has 1 amide bonds. The van der Waals surface area contributed by atoms with Gasteiger partial charge in [-0.3, -0.25) is 15.0 Å². The van der Waals surface area contributed by atoms with Crippen molar-refractivity contribution in [2.24, 2.45) is 5.92 Å². The van der Waals surface area contributed by atoms with Crippen LogP contribution in [0.1, 0.15) is 23.2 Å². The van der Waals surface area contributed by atoms with Gasteiger partial charge in [0.05, 0.1) is 27.0 Å². The predicted octanol–water partition coefficient (Wildman–Crippen LogP) is 4.51. The van der Waals surface area contributed by atoms with Crippen LogP contribution in [0.25, 0.3) is 0 Å². The number of hydrogen-bond donors (Lipinski definition) is 1. The van der Waals surface area contributed by atoms with Crippen LogP contribution in [0.5, 0.6) is 17.2 Å². The van der Waals surface area contributed by atoms with E-state index in [2.05, 4.69) is 10.2 Å². The Morgan fingerprint density at radius 2 is 1.64 bits per heavy atom. The van der Waals surface area contributed by atoms with Crippen LogP contribution >= 0.6 is 11.6 Å². The Labute approximate surface area is 198 Å². The van der Waals surface area contributed by atoms with Crippen LogP contribution in [0.2, 0.25) is 5.02 Å². The van der Waals surface area contributed by atoms with Gasteiger partial charge in [0.25, 0.3) is 0 Å². The molecule has 1 fully saturated rings. The topological polar surface area (TPSA) is 86.3 Å². The molecule has 9 heteroatoms. The first kappa shape index (κ1) is 24.7. The molecule has 1 N–H and O–H groups in total. The molecule has 0 aliphatic carbocycles. The highest BCUT2D eigenvalue weighted by molar-refractivity contribution is 6.30. The number of rotatable bonds is 9. The lowest BCUT2D eigenvalue weighted by atomic mass is 9.89. The molecule has 0 unspecified atom stereocenters. The normalized spacial score (nSPS) is 14.4. The lowest BCUT2D eigenvalue weighted by Crippen LogP contribution is -2.38. The summed E-state index contributed by atoms with van der Waals surface area (Å²) in [7, 11) is 4.50. The Hall–Kier alpha value is -2.97. The minimum Gasteiger partial charge on any atom is -0.493 e. The number of Topliss-reactive ketones (excluding diaryl/α,β-unsaturated/α-hetero) is 1. The molecule has 0 bridgehead atoms. The monoisotopic (exact) mass is 476 g/mol. The molecule has 0 spiro atoms. The molecule has 3 rings (SSSR count). The van der Waals surface area contributed by atoms with Gasteiger partial charge in [0.2, 0.25) is 5.75 Å². The summed E-state index contributed by atoms with van der Waals surface area (Å²) in [6.45, 7) is 2.38. The van der Waals surface area contributed by atoms with E-state index in [9.17, 15) is 9.59 Å². The third-order valence-corrected chi connectivity index (χ3v) is 5.92. The Balaban J connectivity index is 1.44. The number of ketones is 1. The lowest BCUT2D eigenvalue weighted by molar-refractivity contribution is 0.0813. The van der Waals surface area contributed by atoms with Crippen LogP contribution in [-0.4, -0.2) is 64.3 Å². The van der Waals surface area contributed by atoms with Crippen LogP contribution in [0.3, 0.4) is 0 Å². The zero-order chi connectivity index (χ0) is 23.8. The van der Waals surface area contributed by atoms with Crippen LogP contribution in [-0.2, 0) is 4.74 Å². The second kappa shape index (κ2) is 11.8. The van der Waals surface area contributed by atoms with Crippen molar-refractivity contribution in [3.05, 3.63) is 47.0 Å². The van der Waals surface area contributed by atoms with Crippen LogP contribution in [0.4, 0.5) is 10.5 Å². The number of nitrogens with one attached hydrogen (secondary N) is 1. The second-order valence-corrected chi connectivity index (χ2v) is 8.07. The number of carbonyl (C=O) groups is 2. The smallest absolute Gasteiger partial charge is 0.411 e. The number of methoxy groups -OCH3 is 3. The highest BCUT2D eigenvalue weighted by atomic mass is 35.5. The number of benzene rings is 2. The molecule has 1 aliphatic rings. The number of hydrogen-bond acceptors (Lipinski definition) is 7. The summed E-state index contributed by atoms with van der Waals surface area (Å²) in [5, 5.41) is 3.30. The number of halogens is 1. The lowest BCUT2D eigenvalue weighted by Gasteiger charge is -2.31. The Kier molecular flexibility index (Phi) is 8.79. The van der Waals surface area contributed by atoms with E-state index in [1.54, 1.807) is 36.4 Å². The van der Waals surface area contributed by atoms with E-state index in [0.717, 1.165) is 25.9 Å². The number of carbonyl (C=O) groups excluding carboxylic acids is 2. The number of anilines is 1. The van der Waals surface area contributed by atoms with E-state index in [1.165, 1.54) is 21.3 Å². The summed E-state index contributed by atoms with van der Waals surface area (Å²) < 4.78 is 21.3. The Morgan fingerprint density at radius 1 is 0.970 bits per heavy atom. The van der Waals surface area contributed by atoms with Gasteiger partial charge in [0, 0.05) is 23.0 Å². The number of ether oxygens (including phenoxy) is 4. The largest absolute Gasteiger partial charge is 0.493 e. The van der Waals surface area contributed by atoms with Gasteiger partial charge < -0.3 is 18.9 Å². The van der Waals surface area contributed by atoms with Gasteiger partial charge in [-0.25, -0.2) is 4.79 Å². The van der Waals surface area contributed by atoms with Gasteiger partial charge in [-0.15, -0.1) is 0 Å². The van der Waals surface area contributed by atoms with Gasteiger partial charge in [-0.2, -0.15) is 0 Å². The maximum atomic E-state index is 12.7. The fourth-order valence-corrected chi connectivity index (χ4v) is 4.01. The van der Waals surface area contributed by atoms with Crippen LogP contribution in [0.15, 0.2) is 36.4 Å². The molecule has 2 aromatic carbocycles. The third-order valence-electron chi connectivity index (χ3n) is 5.67. The van der Waals surface area contributed by atoms with Gasteiger partial charge in [0.15, 0.2) is 17.3 Å². The van der Waals surface area contributed by atoms with Crippen molar-refractivity contribution >= 4 is 29.2 Å². The summed E-state index contributed by atoms with van der Waals surface area (Å²) in [5.74, 6) is 1.39. The van der Waals surface area contributed by atoms with Gasteiger partial charge in [-0.05, 0) is 62.3 Å². The zero-order valence-corrected chi connectivity index (χ0v) is 19.8. The molecular formula is C24H29ClN2O6. The number of piperidine rings is 1. The molecule has 2 aromatic rings. The Bertz CT molecular complexity index is 958. The summed E-state index contributed by atoms with van der Waals surface area (Å²) in [4.78, 5) is 27.1. The fraction of sp³-hybridized carbons (Fsp3) is 0.417. The molecule has 0 aromatic heterocycles. The van der Waals surface area contributed by atoms with Crippen LogP contribution in [0, 0.1) is 5.92 Å². The highest BCUT2D eigenvalue weighted by Gasteiger charge is 2.26. The fourth-order valence-electron chi connectivity index (χ4n) is 3.88.